The predicted octanol–water partition coefficient (Wildman–Crippen LogP) is 0.782. The van der Waals surface area contributed by atoms with Crippen LogP contribution in [0.25, 0.3) is 0 Å². The van der Waals surface area contributed by atoms with Gasteiger partial charge in [-0.15, -0.1) is 0 Å². The first-order valence-corrected chi connectivity index (χ1v) is 5.64. The molecule has 1 atom stereocenters. The predicted molar refractivity (Wildman–Crippen MR) is 64.8 cm³/mol. The first-order chi connectivity index (χ1) is 8.82. The van der Waals surface area contributed by atoms with E-state index in [2.05, 4.69) is 5.32 Å². The van der Waals surface area contributed by atoms with E-state index in [-0.39, 0.29) is 5.56 Å². The Morgan fingerprint density at radius 1 is 1.32 bits per heavy atom. The lowest BCUT2D eigenvalue weighted by molar-refractivity contribution is -0.120. The topological polar surface area (TPSA) is 58.4 Å². The van der Waals surface area contributed by atoms with Crippen LogP contribution in [-0.4, -0.2) is 38.0 Å². The summed E-state index contributed by atoms with van der Waals surface area (Å²) in [5.74, 6) is -5.06. The molecule has 0 heterocycles. The fourth-order valence-corrected chi connectivity index (χ4v) is 1.56. The van der Waals surface area contributed by atoms with Crippen LogP contribution in [0.3, 0.4) is 0 Å². The first kappa shape index (κ1) is 15.5. The monoisotopic (exact) mass is 275 g/mol. The largest absolute Gasteiger partial charge is 0.368 e. The van der Waals surface area contributed by atoms with Crippen LogP contribution < -0.4 is 11.1 Å². The summed E-state index contributed by atoms with van der Waals surface area (Å²) in [6.45, 7) is 0.997. The van der Waals surface area contributed by atoms with Gasteiger partial charge in [-0.05, 0) is 31.8 Å². The average molecular weight is 275 g/mol. The van der Waals surface area contributed by atoms with E-state index in [4.69, 9.17) is 5.73 Å². The van der Waals surface area contributed by atoms with Gasteiger partial charge in [-0.3, -0.25) is 4.79 Å². The highest BCUT2D eigenvalue weighted by Gasteiger charge is 2.21. The molecule has 7 heteroatoms. The van der Waals surface area contributed by atoms with Crippen LogP contribution in [0.1, 0.15) is 11.6 Å². The molecule has 0 saturated carbocycles. The molecule has 106 valence electrons. The van der Waals surface area contributed by atoms with Gasteiger partial charge in [-0.25, -0.2) is 13.2 Å². The molecular formula is C12H16F3N3O. The Balaban J connectivity index is 2.90. The second kappa shape index (κ2) is 6.53. The Labute approximate surface area is 109 Å². The highest BCUT2D eigenvalue weighted by atomic mass is 19.2. The van der Waals surface area contributed by atoms with Crippen molar-refractivity contribution in [2.45, 2.75) is 6.04 Å². The third-order valence-corrected chi connectivity index (χ3v) is 2.53. The Morgan fingerprint density at radius 2 is 1.84 bits per heavy atom. The van der Waals surface area contributed by atoms with E-state index >= 15 is 0 Å². The maximum atomic E-state index is 13.1. The minimum absolute atomic E-state index is 0.0392. The second-order valence-electron chi connectivity index (χ2n) is 4.39. The molecule has 0 aromatic heterocycles. The number of benzene rings is 1. The van der Waals surface area contributed by atoms with Gasteiger partial charge in [-0.1, -0.05) is 0 Å². The van der Waals surface area contributed by atoms with E-state index in [1.54, 1.807) is 0 Å². The normalized spacial score (nSPS) is 12.7. The number of amides is 1. The molecule has 0 radical (unpaired) electrons. The van der Waals surface area contributed by atoms with Crippen molar-refractivity contribution in [3.05, 3.63) is 35.1 Å². The summed E-state index contributed by atoms with van der Waals surface area (Å²) >= 11 is 0. The van der Waals surface area contributed by atoms with Crippen LogP contribution in [0.4, 0.5) is 13.2 Å². The molecule has 1 aromatic carbocycles. The van der Waals surface area contributed by atoms with Crippen molar-refractivity contribution < 1.29 is 18.0 Å². The molecule has 0 aliphatic carbocycles. The SMILES string of the molecule is CN(C)CCNC(C(N)=O)c1cc(F)c(F)c(F)c1. The Morgan fingerprint density at radius 3 is 2.26 bits per heavy atom. The molecule has 1 amide bonds. The summed E-state index contributed by atoms with van der Waals surface area (Å²) < 4.78 is 39.1. The number of halogens is 3. The third-order valence-electron chi connectivity index (χ3n) is 2.53. The summed E-state index contributed by atoms with van der Waals surface area (Å²) in [5.41, 5.74) is 5.13. The molecule has 0 saturated heterocycles. The number of nitrogens with zero attached hydrogens (tertiary/aromatic N) is 1. The van der Waals surface area contributed by atoms with Gasteiger partial charge in [0.15, 0.2) is 17.5 Å². The maximum Gasteiger partial charge on any atom is 0.239 e. The lowest BCUT2D eigenvalue weighted by Crippen LogP contribution is -2.37. The van der Waals surface area contributed by atoms with Crippen molar-refractivity contribution >= 4 is 5.91 Å². The van der Waals surface area contributed by atoms with E-state index in [1.807, 2.05) is 19.0 Å². The molecule has 0 aliphatic heterocycles. The summed E-state index contributed by atoms with van der Waals surface area (Å²) in [6.07, 6.45) is 0. The molecule has 0 aliphatic rings. The standard InChI is InChI=1S/C12H16F3N3O/c1-18(2)4-3-17-11(12(16)19)7-5-8(13)10(15)9(14)6-7/h5-6,11,17H,3-4H2,1-2H3,(H2,16,19). The van der Waals surface area contributed by atoms with Crippen LogP contribution in [0.2, 0.25) is 0 Å². The number of likely N-dealkylation sites (N-methyl/N-ethyl adjacent to an activating group) is 1. The highest BCUT2D eigenvalue weighted by Crippen LogP contribution is 2.19. The smallest absolute Gasteiger partial charge is 0.239 e. The molecule has 1 rings (SSSR count). The van der Waals surface area contributed by atoms with Crippen LogP contribution in [0, 0.1) is 17.5 Å². The highest BCUT2D eigenvalue weighted by molar-refractivity contribution is 5.81. The number of carbonyl (C=O) groups excluding carboxylic acids is 1. The molecule has 3 N–H and O–H groups in total. The van der Waals surface area contributed by atoms with Gasteiger partial charge >= 0.3 is 0 Å². The molecule has 4 nitrogen and oxygen atoms in total. The molecule has 0 fully saturated rings. The maximum absolute atomic E-state index is 13.1. The third kappa shape index (κ3) is 4.22. The number of nitrogens with two attached hydrogens (primary N) is 1. The van der Waals surface area contributed by atoms with Gasteiger partial charge in [0.2, 0.25) is 5.91 Å². The Kier molecular flexibility index (Phi) is 5.31. The summed E-state index contributed by atoms with van der Waals surface area (Å²) in [7, 11) is 3.66. The van der Waals surface area contributed by atoms with Crippen LogP contribution in [-0.2, 0) is 4.79 Å². The fourth-order valence-electron chi connectivity index (χ4n) is 1.56. The molecule has 19 heavy (non-hydrogen) atoms. The Hall–Kier alpha value is -1.60. The van der Waals surface area contributed by atoms with Crippen LogP contribution >= 0.6 is 0 Å². The second-order valence-corrected chi connectivity index (χ2v) is 4.39. The number of primary amides is 1. The lowest BCUT2D eigenvalue weighted by Gasteiger charge is -2.18. The van der Waals surface area contributed by atoms with Crippen LogP contribution in [0.15, 0.2) is 12.1 Å². The van der Waals surface area contributed by atoms with Gasteiger partial charge in [0, 0.05) is 13.1 Å². The average Bonchev–Trinajstić information content (AvgIpc) is 2.30. The van der Waals surface area contributed by atoms with E-state index in [0.29, 0.717) is 13.1 Å². The quantitative estimate of drug-likeness (QED) is 0.754. The zero-order valence-corrected chi connectivity index (χ0v) is 10.7. The van der Waals surface area contributed by atoms with Crippen molar-refractivity contribution in [2.75, 3.05) is 27.2 Å². The van der Waals surface area contributed by atoms with Gasteiger partial charge in [0.1, 0.15) is 6.04 Å². The summed E-state index contributed by atoms with van der Waals surface area (Å²) in [6, 6.07) is 0.456. The Bertz CT molecular complexity index is 443. The zero-order chi connectivity index (χ0) is 14.6. The van der Waals surface area contributed by atoms with E-state index in [9.17, 15) is 18.0 Å². The number of carbonyl (C=O) groups is 1. The van der Waals surface area contributed by atoms with Crippen LogP contribution in [0.5, 0.6) is 0 Å². The van der Waals surface area contributed by atoms with Crippen molar-refractivity contribution in [1.82, 2.24) is 10.2 Å². The molecule has 0 spiro atoms. The van der Waals surface area contributed by atoms with Crippen molar-refractivity contribution in [3.8, 4) is 0 Å². The summed E-state index contributed by atoms with van der Waals surface area (Å²) in [5, 5.41) is 2.77. The van der Waals surface area contributed by atoms with Gasteiger partial charge in [0.25, 0.3) is 0 Å². The van der Waals surface area contributed by atoms with E-state index < -0.39 is 29.4 Å². The molecule has 1 aromatic rings. The lowest BCUT2D eigenvalue weighted by atomic mass is 10.1. The van der Waals surface area contributed by atoms with Gasteiger partial charge in [0.05, 0.1) is 0 Å². The van der Waals surface area contributed by atoms with Crippen molar-refractivity contribution in [2.24, 2.45) is 5.73 Å². The number of nitrogens with one attached hydrogen (secondary N) is 1. The van der Waals surface area contributed by atoms with Crippen molar-refractivity contribution in [3.63, 3.8) is 0 Å². The minimum atomic E-state index is -1.57. The van der Waals surface area contributed by atoms with Gasteiger partial charge in [-0.2, -0.15) is 0 Å². The molecular weight excluding hydrogens is 259 g/mol. The zero-order valence-electron chi connectivity index (χ0n) is 10.7. The fraction of sp³-hybridized carbons (Fsp3) is 0.417. The van der Waals surface area contributed by atoms with E-state index in [0.717, 1.165) is 12.1 Å². The molecule has 1 unspecified atom stereocenters. The molecule has 0 bridgehead atoms. The minimum Gasteiger partial charge on any atom is -0.368 e. The summed E-state index contributed by atoms with van der Waals surface area (Å²) in [4.78, 5) is 13.1. The number of hydrogen-bond donors (Lipinski definition) is 2. The van der Waals surface area contributed by atoms with Gasteiger partial charge < -0.3 is 16.0 Å². The number of hydrogen-bond acceptors (Lipinski definition) is 3. The number of rotatable bonds is 6. The van der Waals surface area contributed by atoms with Crippen molar-refractivity contribution in [1.29, 1.82) is 0 Å². The van der Waals surface area contributed by atoms with E-state index in [1.165, 1.54) is 0 Å². The first-order valence-electron chi connectivity index (χ1n) is 5.64.